The average Bonchev–Trinajstić information content (AvgIpc) is 3.84. The Morgan fingerprint density at radius 2 is 0.695 bits per heavy atom. The van der Waals surface area contributed by atoms with Crippen LogP contribution in [0.4, 0.5) is 0 Å². The van der Waals surface area contributed by atoms with Gasteiger partial charge in [0.05, 0.1) is 0 Å². The summed E-state index contributed by atoms with van der Waals surface area (Å²) in [6.45, 7) is 9.45. The second-order valence-electron chi connectivity index (χ2n) is 17.1. The summed E-state index contributed by atoms with van der Waals surface area (Å²) in [6, 6.07) is 40.5. The topological polar surface area (TPSA) is 0 Å². The number of allylic oxidation sites excluding steroid dienone is 2. The third kappa shape index (κ3) is 16.1. The van der Waals surface area contributed by atoms with Crippen LogP contribution in [0.25, 0.3) is 12.2 Å². The number of unbranched alkanes of at least 4 members (excludes halogenated alkanes) is 12. The molecule has 0 radical (unpaired) electrons. The molecule has 3 heteroatoms. The zero-order valence-electron chi connectivity index (χ0n) is 37.7. The van der Waals surface area contributed by atoms with E-state index in [1.165, 1.54) is 139 Å². The van der Waals surface area contributed by atoms with Gasteiger partial charge >= 0.3 is 295 Å². The van der Waals surface area contributed by atoms with Crippen molar-refractivity contribution in [2.75, 3.05) is 24.6 Å². The molecule has 4 aromatic carbocycles. The van der Waals surface area contributed by atoms with Crippen molar-refractivity contribution in [1.29, 1.82) is 0 Å². The fourth-order valence-electron chi connectivity index (χ4n) is 8.91. The summed E-state index contributed by atoms with van der Waals surface area (Å²) in [6.07, 6.45) is 36.2. The maximum atomic E-state index is 2.75. The minimum atomic E-state index is -1.17. The molecule has 0 N–H and O–H groups in total. The van der Waals surface area contributed by atoms with Gasteiger partial charge < -0.3 is 0 Å². The molecule has 0 bridgehead atoms. The first-order valence-corrected chi connectivity index (χ1v) is 31.7. The molecule has 316 valence electrons. The molecule has 0 aliphatic heterocycles. The summed E-state index contributed by atoms with van der Waals surface area (Å²) in [7, 11) is -0.0591. The molecule has 2 aliphatic carbocycles. The molecular weight excluding hydrogens is 913 g/mol. The summed E-state index contributed by atoms with van der Waals surface area (Å²) in [5, 5.41) is 3.89. The van der Waals surface area contributed by atoms with E-state index in [0.29, 0.717) is 0 Å². The first kappa shape index (κ1) is 48.1. The summed E-state index contributed by atoms with van der Waals surface area (Å²) >= 11 is -1.17. The van der Waals surface area contributed by atoms with Gasteiger partial charge in [-0.05, 0) is 24.0 Å². The summed E-state index contributed by atoms with van der Waals surface area (Å²) < 4.78 is 1.59. The second kappa shape index (κ2) is 28.6. The van der Waals surface area contributed by atoms with Crippen LogP contribution in [0.15, 0.2) is 120 Å². The molecule has 0 saturated carbocycles. The summed E-state index contributed by atoms with van der Waals surface area (Å²) in [5.74, 6) is 0. The van der Waals surface area contributed by atoms with Crippen LogP contribution < -0.4 is 0 Å². The molecule has 0 spiro atoms. The first-order valence-electron chi connectivity index (χ1n) is 24.1. The van der Waals surface area contributed by atoms with E-state index in [1.54, 1.807) is 22.3 Å². The average molecular weight is 992 g/mol. The molecule has 6 rings (SSSR count). The molecule has 59 heavy (non-hydrogen) atoms. The van der Waals surface area contributed by atoms with Crippen molar-refractivity contribution in [3.63, 3.8) is 0 Å². The maximum Gasteiger partial charge on any atom is -0.0238 e. The molecule has 2 atom stereocenters. The summed E-state index contributed by atoms with van der Waals surface area (Å²) in [4.78, 5) is 0. The Labute approximate surface area is 376 Å². The van der Waals surface area contributed by atoms with E-state index in [4.69, 9.17) is 0 Å². The van der Waals surface area contributed by atoms with Crippen molar-refractivity contribution < 1.29 is 22.9 Å². The zero-order chi connectivity index (χ0) is 41.3. The van der Waals surface area contributed by atoms with Gasteiger partial charge in [0.1, 0.15) is 0 Å². The van der Waals surface area contributed by atoms with Gasteiger partial charge in [-0.3, -0.25) is 0 Å². The Hall–Kier alpha value is -1.91. The van der Waals surface area contributed by atoms with Crippen LogP contribution in [-0.2, 0) is 35.7 Å². The number of rotatable bonds is 27. The van der Waals surface area contributed by atoms with Gasteiger partial charge in [-0.25, -0.2) is 0 Å². The molecule has 2 unspecified atom stereocenters. The van der Waals surface area contributed by atoms with E-state index >= 15 is 0 Å². The van der Waals surface area contributed by atoms with Crippen LogP contribution in [0.5, 0.6) is 0 Å². The van der Waals surface area contributed by atoms with Crippen LogP contribution >= 0.6 is 15.8 Å². The van der Waals surface area contributed by atoms with E-state index in [2.05, 4.69) is 149 Å². The second-order valence-corrected chi connectivity index (χ2v) is 27.4. The molecule has 0 heterocycles. The number of benzene rings is 4. The minimum Gasteiger partial charge on any atom is -0.0622 e. The van der Waals surface area contributed by atoms with Gasteiger partial charge in [0, 0.05) is 0 Å². The van der Waals surface area contributed by atoms with Gasteiger partial charge in [0.25, 0.3) is 0 Å². The van der Waals surface area contributed by atoms with E-state index in [9.17, 15) is 0 Å². The van der Waals surface area contributed by atoms with Gasteiger partial charge in [-0.2, -0.15) is 0 Å². The monoisotopic (exact) mass is 993 g/mol. The third-order valence-electron chi connectivity index (χ3n) is 12.4. The first-order chi connectivity index (χ1) is 29.2. The Kier molecular flexibility index (Phi) is 23.4. The van der Waals surface area contributed by atoms with E-state index in [1.807, 2.05) is 10.6 Å². The zero-order valence-corrected chi connectivity index (χ0v) is 43.0. The van der Waals surface area contributed by atoms with Crippen molar-refractivity contribution in [2.45, 2.75) is 151 Å². The molecule has 0 aromatic heterocycles. The molecule has 0 fully saturated rings. The van der Waals surface area contributed by atoms with E-state index < -0.39 is 22.9 Å². The fourth-order valence-corrected chi connectivity index (χ4v) is 25.8. The SMILES string of the molecule is CCCCCCP(CCCCCC)C1=Cc2ccccc2[CH]1[Hf][CH]1C(P(CCCCCC)CCCCCC)=Cc2ccccc21.c1ccc(CCc2ccccc2)cc1. The van der Waals surface area contributed by atoms with Crippen LogP contribution in [0.1, 0.15) is 171 Å². The number of fused-ring (bicyclic) bond motifs is 2. The molecule has 0 nitrogen and oxygen atoms in total. The largest absolute Gasteiger partial charge is 0.0622 e. The molecule has 0 saturated heterocycles. The Morgan fingerprint density at radius 3 is 1.03 bits per heavy atom. The smallest absolute Gasteiger partial charge is 0.0238 e. The standard InChI is InChI=1S/2C21H32P.C14H14.Hf/c2*1-3-5-7-11-15-22(16-12-8-6-4-2)21-17-19-13-9-10-14-20(19)18-21;1-3-7-13(8-4-1)11-12-14-9-5-2-6-10-14;/h2*9-10,13-14,17-18H,3-8,11-12,15-16H2,1-2H3;1-10H,11-12H2;. The molecule has 4 aromatic rings. The van der Waals surface area contributed by atoms with Crippen molar-refractivity contribution >= 4 is 28.0 Å². The van der Waals surface area contributed by atoms with E-state index in [0.717, 1.165) is 20.2 Å². The Balaban J connectivity index is 0.000000395. The van der Waals surface area contributed by atoms with Gasteiger partial charge in [0.15, 0.2) is 0 Å². The normalized spacial score (nSPS) is 15.4. The number of hydrogen-bond donors (Lipinski definition) is 0. The van der Waals surface area contributed by atoms with Gasteiger partial charge in [0.2, 0.25) is 0 Å². The van der Waals surface area contributed by atoms with Crippen LogP contribution in [-0.4, -0.2) is 24.6 Å². The van der Waals surface area contributed by atoms with Crippen molar-refractivity contribution in [3.8, 4) is 0 Å². The van der Waals surface area contributed by atoms with E-state index in [-0.39, 0.29) is 15.8 Å². The van der Waals surface area contributed by atoms with Crippen LogP contribution in [0.3, 0.4) is 0 Å². The number of hydrogen-bond acceptors (Lipinski definition) is 0. The predicted octanol–water partition coefficient (Wildman–Crippen LogP) is 18.0. The summed E-state index contributed by atoms with van der Waals surface area (Å²) in [5.41, 5.74) is 9.44. The molecule has 0 amide bonds. The molecular formula is C56H78HfP2. The quantitative estimate of drug-likeness (QED) is 0.0317. The third-order valence-corrected chi connectivity index (χ3v) is 26.7. The Morgan fingerprint density at radius 1 is 0.373 bits per heavy atom. The van der Waals surface area contributed by atoms with Crippen molar-refractivity contribution in [1.82, 2.24) is 0 Å². The van der Waals surface area contributed by atoms with Gasteiger partial charge in [-0.1, -0.05) is 60.7 Å². The predicted molar refractivity (Wildman–Crippen MR) is 264 cm³/mol. The van der Waals surface area contributed by atoms with Crippen LogP contribution in [0.2, 0.25) is 0 Å². The minimum absolute atomic E-state index is 0.0295. The van der Waals surface area contributed by atoms with Crippen molar-refractivity contribution in [3.05, 3.63) is 153 Å². The Bertz CT molecular complexity index is 1620. The maximum absolute atomic E-state index is 2.75. The van der Waals surface area contributed by atoms with Crippen molar-refractivity contribution in [2.24, 2.45) is 0 Å². The van der Waals surface area contributed by atoms with Crippen LogP contribution in [0, 0.1) is 0 Å². The molecule has 2 aliphatic rings. The number of aryl methyl sites for hydroxylation is 2. The van der Waals surface area contributed by atoms with Gasteiger partial charge in [-0.15, -0.1) is 0 Å². The fraction of sp³-hybridized carbons (Fsp3) is 0.500.